The van der Waals surface area contributed by atoms with Crippen molar-refractivity contribution in [2.45, 2.75) is 64.2 Å². The second-order valence-corrected chi connectivity index (χ2v) is 11.3. The van der Waals surface area contributed by atoms with E-state index < -0.39 is 5.60 Å². The first-order valence-electron chi connectivity index (χ1n) is 13.9. The van der Waals surface area contributed by atoms with Gasteiger partial charge in [-0.2, -0.15) is 0 Å². The zero-order valence-electron chi connectivity index (χ0n) is 23.4. The van der Waals surface area contributed by atoms with Crippen molar-refractivity contribution in [2.24, 2.45) is 0 Å². The lowest BCUT2D eigenvalue weighted by Gasteiger charge is -2.36. The first kappa shape index (κ1) is 27.6. The second-order valence-electron chi connectivity index (χ2n) is 11.3. The lowest BCUT2D eigenvalue weighted by Crippen LogP contribution is -2.50. The highest BCUT2D eigenvalue weighted by Gasteiger charge is 2.26. The molecular weight excluding hydrogens is 508 g/mol. The van der Waals surface area contributed by atoms with Gasteiger partial charge in [0.1, 0.15) is 23.1 Å². The minimum atomic E-state index is -0.514. The summed E-state index contributed by atoms with van der Waals surface area (Å²) in [5.41, 5.74) is 2.16. The Morgan fingerprint density at radius 3 is 2.45 bits per heavy atom. The van der Waals surface area contributed by atoms with Crippen LogP contribution in [0.4, 0.5) is 27.9 Å². The molecule has 0 spiro atoms. The molecule has 0 atom stereocenters. The topological polar surface area (TPSA) is 129 Å². The summed E-state index contributed by atoms with van der Waals surface area (Å²) in [6, 6.07) is 8.30. The van der Waals surface area contributed by atoms with Gasteiger partial charge < -0.3 is 30.3 Å². The largest absolute Gasteiger partial charge is 0.444 e. The van der Waals surface area contributed by atoms with E-state index in [1.54, 1.807) is 29.7 Å². The predicted molar refractivity (Wildman–Crippen MR) is 155 cm³/mol. The Morgan fingerprint density at radius 1 is 0.975 bits per heavy atom. The van der Waals surface area contributed by atoms with Crippen molar-refractivity contribution in [1.82, 2.24) is 24.8 Å². The van der Waals surface area contributed by atoms with Gasteiger partial charge in [0, 0.05) is 68.1 Å². The van der Waals surface area contributed by atoms with E-state index in [2.05, 4.69) is 30.5 Å². The highest BCUT2D eigenvalue weighted by molar-refractivity contribution is 5.72. The number of aliphatic hydroxyl groups excluding tert-OH is 1. The van der Waals surface area contributed by atoms with E-state index in [0.29, 0.717) is 37.8 Å². The van der Waals surface area contributed by atoms with Crippen molar-refractivity contribution >= 4 is 29.2 Å². The van der Waals surface area contributed by atoms with Gasteiger partial charge in [-0.15, -0.1) is 0 Å². The number of nitrogens with zero attached hydrogens (tertiary/aromatic N) is 6. The summed E-state index contributed by atoms with van der Waals surface area (Å²) in [7, 11) is 0. The lowest BCUT2D eigenvalue weighted by atomic mass is 9.93. The highest BCUT2D eigenvalue weighted by Crippen LogP contribution is 2.30. The van der Waals surface area contributed by atoms with Crippen LogP contribution in [0.1, 0.15) is 46.5 Å². The summed E-state index contributed by atoms with van der Waals surface area (Å²) in [5, 5.41) is 16.8. The Bertz CT molecular complexity index is 1280. The number of amides is 1. The lowest BCUT2D eigenvalue weighted by molar-refractivity contribution is 0.0240. The quantitative estimate of drug-likeness (QED) is 0.408. The Morgan fingerprint density at radius 2 is 1.75 bits per heavy atom. The maximum atomic E-state index is 12.5. The summed E-state index contributed by atoms with van der Waals surface area (Å²) >= 11 is 0. The van der Waals surface area contributed by atoms with E-state index in [-0.39, 0.29) is 18.2 Å². The molecule has 40 heavy (non-hydrogen) atoms. The van der Waals surface area contributed by atoms with Crippen LogP contribution in [-0.4, -0.2) is 80.0 Å². The zero-order valence-corrected chi connectivity index (χ0v) is 23.4. The van der Waals surface area contributed by atoms with Crippen molar-refractivity contribution < 1.29 is 14.6 Å². The third kappa shape index (κ3) is 7.35. The third-order valence-corrected chi connectivity index (χ3v) is 7.01. The Labute approximate surface area is 235 Å². The molecule has 5 rings (SSSR count). The first-order valence-corrected chi connectivity index (χ1v) is 13.9. The van der Waals surface area contributed by atoms with Crippen LogP contribution in [0.5, 0.6) is 0 Å². The number of anilines is 4. The minimum Gasteiger partial charge on any atom is -0.444 e. The smallest absolute Gasteiger partial charge is 0.410 e. The molecule has 1 saturated heterocycles. The number of carbonyl (C=O) groups is 1. The molecule has 1 saturated carbocycles. The van der Waals surface area contributed by atoms with Gasteiger partial charge >= 0.3 is 6.09 Å². The van der Waals surface area contributed by atoms with Gasteiger partial charge in [-0.05, 0) is 64.7 Å². The number of pyridine rings is 2. The van der Waals surface area contributed by atoms with Crippen molar-refractivity contribution in [1.29, 1.82) is 0 Å². The predicted octanol–water partition coefficient (Wildman–Crippen LogP) is 4.45. The van der Waals surface area contributed by atoms with Crippen LogP contribution < -0.4 is 15.5 Å². The fourth-order valence-electron chi connectivity index (χ4n) is 4.97. The normalized spacial score (nSPS) is 19.7. The average molecular weight is 547 g/mol. The Balaban J connectivity index is 1.34. The molecule has 11 heteroatoms. The first-order chi connectivity index (χ1) is 19.2. The van der Waals surface area contributed by atoms with Gasteiger partial charge in [0.2, 0.25) is 0 Å². The Hall–Kier alpha value is -3.99. The van der Waals surface area contributed by atoms with Crippen LogP contribution >= 0.6 is 0 Å². The number of aromatic nitrogens is 4. The number of nitrogens with one attached hydrogen (secondary N) is 2. The highest BCUT2D eigenvalue weighted by atomic mass is 16.6. The number of aliphatic hydroxyl groups is 1. The summed E-state index contributed by atoms with van der Waals surface area (Å²) in [6.07, 6.45) is 9.67. The van der Waals surface area contributed by atoms with Crippen molar-refractivity contribution in [3.63, 3.8) is 0 Å². The van der Waals surface area contributed by atoms with E-state index in [0.717, 1.165) is 48.4 Å². The number of rotatable bonds is 6. The molecule has 3 aromatic rings. The monoisotopic (exact) mass is 546 g/mol. The van der Waals surface area contributed by atoms with Crippen molar-refractivity contribution in [3.8, 4) is 11.3 Å². The fraction of sp³-hybridized carbons (Fsp3) is 0.483. The number of carbonyl (C=O) groups excluding carboxylic acids is 1. The van der Waals surface area contributed by atoms with Gasteiger partial charge in [0.05, 0.1) is 18.0 Å². The standard InChI is InChI=1S/C29H38N8O3/c1-29(2,3)40-28(39)37-14-12-36(13-15-37)27-16-20(8-9-32-27)24-17-22(33-21-4-6-23(38)7-5-21)18-25(34-24)35-26-19-30-10-11-31-26/h8-11,16-19,21,23,38H,4-7,12-15H2,1-3H3,(H2,31,33,34,35)/t21-,23-. The van der Waals surface area contributed by atoms with Crippen molar-refractivity contribution in [2.75, 3.05) is 41.7 Å². The number of piperazine rings is 1. The maximum Gasteiger partial charge on any atom is 0.410 e. The zero-order chi connectivity index (χ0) is 28.1. The molecule has 2 fully saturated rings. The molecule has 0 aromatic carbocycles. The van der Waals surface area contributed by atoms with E-state index in [4.69, 9.17) is 9.72 Å². The van der Waals surface area contributed by atoms with Gasteiger partial charge in [-0.25, -0.2) is 19.7 Å². The van der Waals surface area contributed by atoms with Gasteiger partial charge in [0.25, 0.3) is 0 Å². The van der Waals surface area contributed by atoms with Crippen molar-refractivity contribution in [3.05, 3.63) is 49.1 Å². The average Bonchev–Trinajstić information content (AvgIpc) is 2.94. The molecule has 1 amide bonds. The summed E-state index contributed by atoms with van der Waals surface area (Å²) in [6.45, 7) is 8.10. The summed E-state index contributed by atoms with van der Waals surface area (Å²) in [5.74, 6) is 2.10. The number of ether oxygens (including phenoxy) is 1. The number of hydrogen-bond acceptors (Lipinski definition) is 10. The fourth-order valence-corrected chi connectivity index (χ4v) is 4.97. The second kappa shape index (κ2) is 12.0. The van der Waals surface area contributed by atoms with Gasteiger partial charge in [-0.3, -0.25) is 4.98 Å². The molecule has 1 aliphatic carbocycles. The summed E-state index contributed by atoms with van der Waals surface area (Å²) < 4.78 is 5.53. The molecule has 0 bridgehead atoms. The van der Waals surface area contributed by atoms with Crippen LogP contribution in [-0.2, 0) is 4.74 Å². The van der Waals surface area contributed by atoms with Crippen LogP contribution in [0.2, 0.25) is 0 Å². The van der Waals surface area contributed by atoms with Gasteiger partial charge in [0.15, 0.2) is 0 Å². The van der Waals surface area contributed by atoms with Gasteiger partial charge in [-0.1, -0.05) is 0 Å². The minimum absolute atomic E-state index is 0.207. The molecule has 3 N–H and O–H groups in total. The van der Waals surface area contributed by atoms with Crippen LogP contribution in [0.3, 0.4) is 0 Å². The van der Waals surface area contributed by atoms with E-state index in [9.17, 15) is 9.90 Å². The van der Waals surface area contributed by atoms with E-state index in [1.807, 2.05) is 45.0 Å². The summed E-state index contributed by atoms with van der Waals surface area (Å²) in [4.78, 5) is 34.4. The van der Waals surface area contributed by atoms with Crippen LogP contribution in [0.25, 0.3) is 11.3 Å². The molecule has 1 aliphatic heterocycles. The maximum absolute atomic E-state index is 12.5. The Kier molecular flexibility index (Phi) is 8.29. The third-order valence-electron chi connectivity index (χ3n) is 7.01. The molecule has 3 aromatic heterocycles. The molecule has 2 aliphatic rings. The number of hydrogen-bond donors (Lipinski definition) is 3. The van der Waals surface area contributed by atoms with Crippen LogP contribution in [0.15, 0.2) is 49.1 Å². The molecule has 0 unspecified atom stereocenters. The SMILES string of the molecule is CC(C)(C)OC(=O)N1CCN(c2cc(-c3cc(N[C@H]4CC[C@H](O)CC4)cc(Nc4cnccn4)n3)ccn2)CC1. The molecule has 212 valence electrons. The van der Waals surface area contributed by atoms with E-state index >= 15 is 0 Å². The van der Waals surface area contributed by atoms with Crippen LogP contribution in [0, 0.1) is 0 Å². The molecule has 11 nitrogen and oxygen atoms in total. The molecule has 0 radical (unpaired) electrons. The molecular formula is C29H38N8O3. The molecule has 4 heterocycles. The van der Waals surface area contributed by atoms with E-state index in [1.165, 1.54) is 0 Å².